The lowest BCUT2D eigenvalue weighted by atomic mass is 10.1. The van der Waals surface area contributed by atoms with E-state index in [9.17, 15) is 14.9 Å². The molecule has 2 aromatic carbocycles. The van der Waals surface area contributed by atoms with Gasteiger partial charge in [0, 0.05) is 35.7 Å². The number of aromatic nitrogens is 3. The van der Waals surface area contributed by atoms with Crippen molar-refractivity contribution in [3.05, 3.63) is 90.9 Å². The zero-order valence-electron chi connectivity index (χ0n) is 19.5. The molecule has 34 heavy (non-hydrogen) atoms. The van der Waals surface area contributed by atoms with E-state index < -0.39 is 4.92 Å². The Morgan fingerprint density at radius 3 is 2.35 bits per heavy atom. The van der Waals surface area contributed by atoms with Crippen molar-refractivity contribution < 1.29 is 21.9 Å². The second-order valence-corrected chi connectivity index (χ2v) is 9.58. The van der Waals surface area contributed by atoms with Gasteiger partial charge in [0.15, 0.2) is 10.5 Å². The molecule has 0 N–H and O–H groups in total. The number of halogens is 1. The molecule has 0 spiro atoms. The molecule has 0 radical (unpaired) electrons. The van der Waals surface area contributed by atoms with Gasteiger partial charge in [-0.1, -0.05) is 30.3 Å². The fourth-order valence-corrected chi connectivity index (χ4v) is 4.88. The molecule has 0 saturated heterocycles. The Morgan fingerprint density at radius 1 is 1.06 bits per heavy atom. The van der Waals surface area contributed by atoms with Crippen molar-refractivity contribution in [2.75, 3.05) is 0 Å². The molecular weight excluding hydrogens is 518 g/mol. The second-order valence-electron chi connectivity index (χ2n) is 8.74. The maximum atomic E-state index is 13.3. The minimum Gasteiger partial charge on any atom is -1.00 e. The van der Waals surface area contributed by atoms with Gasteiger partial charge in [0.1, 0.15) is 0 Å². The second kappa shape index (κ2) is 9.55. The number of non-ortho nitro benzene ring substituents is 1. The van der Waals surface area contributed by atoms with Gasteiger partial charge in [0.2, 0.25) is 0 Å². The van der Waals surface area contributed by atoms with Crippen LogP contribution in [0, 0.1) is 17.0 Å². The Bertz CT molecular complexity index is 1470. The van der Waals surface area contributed by atoms with Crippen molar-refractivity contribution in [2.24, 2.45) is 12.0 Å². The standard InChI is InChI=1S/C24H25N5O3S.BrH/c1-16-21(22(30)28(26(16)5)18-11-7-6-8-12-18)25-23-27(24(2,3)4)20(15-33-23)17-10-9-13-19(14-17)29(31)32;/h6-15H,1-5H3;1H/p-1. The van der Waals surface area contributed by atoms with Crippen LogP contribution in [0.25, 0.3) is 16.9 Å². The number of hydrogen-bond donors (Lipinski definition) is 0. The number of nitro groups is 1. The lowest BCUT2D eigenvalue weighted by Gasteiger charge is -2.24. The van der Waals surface area contributed by atoms with E-state index in [0.29, 0.717) is 10.5 Å². The van der Waals surface area contributed by atoms with Gasteiger partial charge in [0.05, 0.1) is 22.0 Å². The summed E-state index contributed by atoms with van der Waals surface area (Å²) in [6.45, 7) is 8.00. The molecule has 2 heterocycles. The first-order chi connectivity index (χ1) is 15.6. The highest BCUT2D eigenvalue weighted by Crippen LogP contribution is 2.29. The van der Waals surface area contributed by atoms with Crippen molar-refractivity contribution >= 4 is 22.7 Å². The van der Waals surface area contributed by atoms with Crippen LogP contribution < -0.4 is 27.3 Å². The fraction of sp³-hybridized carbons (Fsp3) is 0.250. The number of rotatable bonds is 4. The minimum absolute atomic E-state index is 0. The third kappa shape index (κ3) is 4.55. The number of benzene rings is 2. The van der Waals surface area contributed by atoms with Gasteiger partial charge in [-0.05, 0) is 39.8 Å². The first-order valence-electron chi connectivity index (χ1n) is 10.4. The summed E-state index contributed by atoms with van der Waals surface area (Å²) in [5.41, 5.74) is 2.87. The molecule has 4 aromatic rings. The van der Waals surface area contributed by atoms with Gasteiger partial charge in [-0.15, -0.1) is 11.3 Å². The average molecular weight is 543 g/mol. The number of thiazole rings is 1. The highest BCUT2D eigenvalue weighted by molar-refractivity contribution is 7.07. The Balaban J connectivity index is 0.00000324. The van der Waals surface area contributed by atoms with Crippen LogP contribution in [0.2, 0.25) is 0 Å². The molecule has 0 atom stereocenters. The normalized spacial score (nSPS) is 12.0. The van der Waals surface area contributed by atoms with E-state index in [2.05, 4.69) is 0 Å². The van der Waals surface area contributed by atoms with Crippen molar-refractivity contribution in [3.63, 3.8) is 0 Å². The topological polar surface area (TPSA) is 87.4 Å². The van der Waals surface area contributed by atoms with E-state index in [4.69, 9.17) is 4.99 Å². The summed E-state index contributed by atoms with van der Waals surface area (Å²) in [4.78, 5) is 29.7. The van der Waals surface area contributed by atoms with E-state index in [0.717, 1.165) is 22.6 Å². The molecule has 178 valence electrons. The Hall–Kier alpha value is -3.24. The molecule has 0 amide bonds. The van der Waals surface area contributed by atoms with E-state index in [1.54, 1.807) is 21.5 Å². The van der Waals surface area contributed by atoms with Gasteiger partial charge in [-0.25, -0.2) is 9.67 Å². The SMILES string of the molecule is Cc1c(N=c2scc(-c3cccc([N+](=O)[O-])c3)n2C(C)(C)C)c(=O)n(-c2ccccc2)n1C.[Br-]. The van der Waals surface area contributed by atoms with Crippen molar-refractivity contribution in [1.29, 1.82) is 0 Å². The van der Waals surface area contributed by atoms with E-state index in [1.807, 2.05) is 81.1 Å². The molecular formula is C24H25BrN5O3S-. The molecule has 0 aliphatic rings. The monoisotopic (exact) mass is 542 g/mol. The zero-order valence-corrected chi connectivity index (χ0v) is 21.9. The third-order valence-electron chi connectivity index (χ3n) is 5.46. The highest BCUT2D eigenvalue weighted by atomic mass is 79.9. The average Bonchev–Trinajstić information content (AvgIpc) is 3.30. The third-order valence-corrected chi connectivity index (χ3v) is 6.29. The van der Waals surface area contributed by atoms with E-state index >= 15 is 0 Å². The highest BCUT2D eigenvalue weighted by Gasteiger charge is 2.22. The predicted octanol–water partition coefficient (Wildman–Crippen LogP) is 1.91. The molecule has 10 heteroatoms. The van der Waals surface area contributed by atoms with Gasteiger partial charge >= 0.3 is 0 Å². The van der Waals surface area contributed by atoms with Gasteiger partial charge in [-0.2, -0.15) is 0 Å². The first kappa shape index (κ1) is 25.4. The molecule has 0 bridgehead atoms. The first-order valence-corrected chi connectivity index (χ1v) is 11.3. The van der Waals surface area contributed by atoms with Crippen molar-refractivity contribution in [3.8, 4) is 16.9 Å². The molecule has 0 aliphatic heterocycles. The molecule has 8 nitrogen and oxygen atoms in total. The maximum Gasteiger partial charge on any atom is 0.297 e. The molecule has 2 aromatic heterocycles. The largest absolute Gasteiger partial charge is 1.00 e. The van der Waals surface area contributed by atoms with Gasteiger partial charge in [0.25, 0.3) is 11.2 Å². The lowest BCUT2D eigenvalue weighted by molar-refractivity contribution is -0.384. The Morgan fingerprint density at radius 2 is 1.74 bits per heavy atom. The van der Waals surface area contributed by atoms with Crippen LogP contribution in [0.15, 0.2) is 69.8 Å². The molecule has 0 fully saturated rings. The zero-order chi connectivity index (χ0) is 23.9. The molecule has 0 unspecified atom stereocenters. The maximum absolute atomic E-state index is 13.3. The van der Waals surface area contributed by atoms with Crippen LogP contribution in [0.3, 0.4) is 0 Å². The predicted molar refractivity (Wildman–Crippen MR) is 130 cm³/mol. The van der Waals surface area contributed by atoms with Crippen LogP contribution in [-0.4, -0.2) is 18.9 Å². The summed E-state index contributed by atoms with van der Waals surface area (Å²) in [7, 11) is 1.84. The quantitative estimate of drug-likeness (QED) is 0.291. The van der Waals surface area contributed by atoms with Crippen molar-refractivity contribution in [2.45, 2.75) is 33.2 Å². The van der Waals surface area contributed by atoms with Gasteiger partial charge in [-0.3, -0.25) is 19.6 Å². The number of nitro benzene ring substituents is 1. The van der Waals surface area contributed by atoms with Crippen LogP contribution in [0.1, 0.15) is 26.5 Å². The summed E-state index contributed by atoms with van der Waals surface area (Å²) in [5, 5.41) is 13.2. The van der Waals surface area contributed by atoms with Crippen LogP contribution in [0.4, 0.5) is 11.4 Å². The number of nitrogens with zero attached hydrogens (tertiary/aromatic N) is 5. The lowest BCUT2D eigenvalue weighted by Crippen LogP contribution is -3.00. The molecule has 4 rings (SSSR count). The molecule has 0 saturated carbocycles. The van der Waals surface area contributed by atoms with Crippen LogP contribution in [0.5, 0.6) is 0 Å². The van der Waals surface area contributed by atoms with Crippen LogP contribution in [-0.2, 0) is 12.6 Å². The van der Waals surface area contributed by atoms with Crippen LogP contribution >= 0.6 is 11.3 Å². The van der Waals surface area contributed by atoms with E-state index in [1.165, 1.54) is 17.4 Å². The van der Waals surface area contributed by atoms with Gasteiger partial charge < -0.3 is 21.5 Å². The Kier molecular flexibility index (Phi) is 7.13. The van der Waals surface area contributed by atoms with Crippen molar-refractivity contribution in [1.82, 2.24) is 13.9 Å². The summed E-state index contributed by atoms with van der Waals surface area (Å²) in [5.74, 6) is 0. The fourth-order valence-electron chi connectivity index (χ4n) is 3.80. The smallest absolute Gasteiger partial charge is 0.297 e. The van der Waals surface area contributed by atoms with E-state index in [-0.39, 0.29) is 33.8 Å². The number of para-hydroxylation sites is 1. The summed E-state index contributed by atoms with van der Waals surface area (Å²) in [6, 6.07) is 16.0. The Labute approximate surface area is 211 Å². The molecule has 0 aliphatic carbocycles. The number of hydrogen-bond acceptors (Lipinski definition) is 5. The summed E-state index contributed by atoms with van der Waals surface area (Å²) >= 11 is 1.40. The summed E-state index contributed by atoms with van der Waals surface area (Å²) in [6.07, 6.45) is 0. The minimum atomic E-state index is -0.401. The summed E-state index contributed by atoms with van der Waals surface area (Å²) < 4.78 is 5.42.